The van der Waals surface area contributed by atoms with Crippen LogP contribution in [0.3, 0.4) is 0 Å². The number of nitrogens with one attached hydrogen (secondary N) is 3. The lowest BCUT2D eigenvalue weighted by Crippen LogP contribution is -2.34. The fourth-order valence-corrected chi connectivity index (χ4v) is 3.34. The van der Waals surface area contributed by atoms with Gasteiger partial charge in [-0.2, -0.15) is 4.98 Å². The van der Waals surface area contributed by atoms with Gasteiger partial charge in [0.2, 0.25) is 11.8 Å². The van der Waals surface area contributed by atoms with Crippen molar-refractivity contribution < 1.29 is 14.5 Å². The van der Waals surface area contributed by atoms with Crippen LogP contribution in [0.25, 0.3) is 0 Å². The van der Waals surface area contributed by atoms with Gasteiger partial charge in [-0.25, -0.2) is 4.98 Å². The van der Waals surface area contributed by atoms with Crippen LogP contribution in [0.15, 0.2) is 54.7 Å². The Morgan fingerprint density at radius 3 is 2.42 bits per heavy atom. The van der Waals surface area contributed by atoms with Crippen LogP contribution in [0.2, 0.25) is 0 Å². The summed E-state index contributed by atoms with van der Waals surface area (Å²) in [6.07, 6.45) is 1.13. The Hall–Kier alpha value is -3.96. The zero-order chi connectivity index (χ0) is 25.2. The molecule has 0 unspecified atom stereocenters. The highest BCUT2D eigenvalue weighted by molar-refractivity contribution is 5.94. The number of halogens is 1. The highest BCUT2D eigenvalue weighted by Gasteiger charge is 2.19. The number of carbonyl (C=O) groups excluding carboxylic acids is 1. The maximum Gasteiger partial charge on any atom is 0.329 e. The molecule has 0 aliphatic rings. The molecule has 12 heteroatoms. The molecule has 0 fully saturated rings. The predicted octanol–water partition coefficient (Wildman–Crippen LogP) is 4.37. The van der Waals surface area contributed by atoms with Gasteiger partial charge in [-0.15, -0.1) is 12.4 Å². The molecular weight excluding hydrogens is 486 g/mol. The highest BCUT2D eigenvalue weighted by atomic mass is 35.5. The molecule has 0 radical (unpaired) electrons. The number of carbonyl (C=O) groups is 1. The molecule has 0 aliphatic heterocycles. The van der Waals surface area contributed by atoms with Crippen molar-refractivity contribution in [3.05, 3.63) is 70.4 Å². The molecule has 1 heterocycles. The topological polar surface area (TPSA) is 135 Å². The first-order valence-electron chi connectivity index (χ1n) is 11.2. The van der Waals surface area contributed by atoms with E-state index in [1.165, 1.54) is 7.11 Å². The Labute approximate surface area is 215 Å². The number of ether oxygens (including phenoxy) is 1. The van der Waals surface area contributed by atoms with Crippen LogP contribution in [0.5, 0.6) is 5.75 Å². The van der Waals surface area contributed by atoms with Crippen molar-refractivity contribution in [2.75, 3.05) is 43.9 Å². The van der Waals surface area contributed by atoms with Gasteiger partial charge in [0.15, 0.2) is 0 Å². The number of nitro groups is 1. The van der Waals surface area contributed by atoms with E-state index in [1.54, 1.807) is 48.5 Å². The van der Waals surface area contributed by atoms with Gasteiger partial charge >= 0.3 is 5.69 Å². The average molecular weight is 516 g/mol. The molecule has 3 N–H and O–H groups in total. The first kappa shape index (κ1) is 28.3. The lowest BCUT2D eigenvalue weighted by molar-refractivity contribution is -0.384. The summed E-state index contributed by atoms with van der Waals surface area (Å²) in [5, 5.41) is 20.3. The second kappa shape index (κ2) is 13.8. The van der Waals surface area contributed by atoms with Crippen molar-refractivity contribution in [2.24, 2.45) is 0 Å². The number of nitrogens with zero attached hydrogens (tertiary/aromatic N) is 4. The van der Waals surface area contributed by atoms with Crippen LogP contribution >= 0.6 is 12.4 Å². The predicted molar refractivity (Wildman–Crippen MR) is 142 cm³/mol. The van der Waals surface area contributed by atoms with E-state index < -0.39 is 4.92 Å². The number of amides is 1. The SMILES string of the molecule is CCN(CC)CCNC(=O)c1ccc(Nc2ncc([N+](=O)[O-])c(Nc3ccccc3OC)n2)cc1.Cl. The molecule has 192 valence electrons. The summed E-state index contributed by atoms with van der Waals surface area (Å²) >= 11 is 0. The molecule has 0 bridgehead atoms. The summed E-state index contributed by atoms with van der Waals surface area (Å²) in [5.41, 5.74) is 1.40. The quantitative estimate of drug-likeness (QED) is 0.237. The molecule has 2 aromatic carbocycles. The molecule has 3 aromatic rings. The normalized spacial score (nSPS) is 10.3. The van der Waals surface area contributed by atoms with Gasteiger partial charge in [0.1, 0.15) is 11.9 Å². The van der Waals surface area contributed by atoms with Crippen LogP contribution in [-0.4, -0.2) is 59.0 Å². The van der Waals surface area contributed by atoms with Crippen molar-refractivity contribution in [1.29, 1.82) is 0 Å². The van der Waals surface area contributed by atoms with Crippen LogP contribution in [0.1, 0.15) is 24.2 Å². The van der Waals surface area contributed by atoms with E-state index in [1.807, 2.05) is 0 Å². The van der Waals surface area contributed by atoms with Gasteiger partial charge in [-0.1, -0.05) is 26.0 Å². The molecule has 1 amide bonds. The Morgan fingerprint density at radius 1 is 1.08 bits per heavy atom. The van der Waals surface area contributed by atoms with Crippen LogP contribution in [0, 0.1) is 10.1 Å². The first-order chi connectivity index (χ1) is 16.9. The second-order valence-corrected chi connectivity index (χ2v) is 7.49. The fourth-order valence-electron chi connectivity index (χ4n) is 3.34. The third-order valence-corrected chi connectivity index (χ3v) is 5.34. The molecule has 1 aromatic heterocycles. The largest absolute Gasteiger partial charge is 0.495 e. The monoisotopic (exact) mass is 515 g/mol. The number of likely N-dealkylation sites (N-methyl/N-ethyl adjacent to an activating group) is 1. The zero-order valence-corrected chi connectivity index (χ0v) is 21.2. The molecular formula is C24H30ClN7O4. The molecule has 0 aliphatic carbocycles. The summed E-state index contributed by atoms with van der Waals surface area (Å²) in [6, 6.07) is 13.8. The molecule has 36 heavy (non-hydrogen) atoms. The van der Waals surface area contributed by atoms with Gasteiger partial charge in [0.05, 0.1) is 17.7 Å². The molecule has 0 atom stereocenters. The van der Waals surface area contributed by atoms with Crippen molar-refractivity contribution in [2.45, 2.75) is 13.8 Å². The van der Waals surface area contributed by atoms with E-state index in [0.717, 1.165) is 25.8 Å². The average Bonchev–Trinajstić information content (AvgIpc) is 2.87. The van der Waals surface area contributed by atoms with Gasteiger partial charge in [0.25, 0.3) is 5.91 Å². The Kier molecular flexibility index (Phi) is 10.8. The molecule has 11 nitrogen and oxygen atoms in total. The number of aromatic nitrogens is 2. The standard InChI is InChI=1S/C24H29N7O4.ClH/c1-4-30(5-2)15-14-25-23(32)17-10-12-18(13-11-17)27-24-26-16-20(31(33)34)22(29-24)28-19-8-6-7-9-21(19)35-3;/h6-13,16H,4-5,14-15H2,1-3H3,(H,25,32)(H2,26,27,28,29);1H. The number of hydrogen-bond acceptors (Lipinski definition) is 9. The van der Waals surface area contributed by atoms with Crippen LogP contribution in [-0.2, 0) is 0 Å². The minimum atomic E-state index is -0.560. The van der Waals surface area contributed by atoms with E-state index in [4.69, 9.17) is 4.74 Å². The lowest BCUT2D eigenvalue weighted by Gasteiger charge is -2.18. The third kappa shape index (κ3) is 7.52. The van der Waals surface area contributed by atoms with Gasteiger partial charge in [0, 0.05) is 24.3 Å². The zero-order valence-electron chi connectivity index (χ0n) is 20.4. The van der Waals surface area contributed by atoms with Gasteiger partial charge in [-0.3, -0.25) is 14.9 Å². The number of rotatable bonds is 12. The Morgan fingerprint density at radius 2 is 1.78 bits per heavy atom. The fraction of sp³-hybridized carbons (Fsp3) is 0.292. The molecule has 0 saturated carbocycles. The minimum absolute atomic E-state index is 0. The first-order valence-corrected chi connectivity index (χ1v) is 11.2. The smallest absolute Gasteiger partial charge is 0.329 e. The van der Waals surface area contributed by atoms with E-state index in [0.29, 0.717) is 29.2 Å². The van der Waals surface area contributed by atoms with E-state index in [9.17, 15) is 14.9 Å². The third-order valence-electron chi connectivity index (χ3n) is 5.34. The number of benzene rings is 2. The van der Waals surface area contributed by atoms with E-state index in [-0.39, 0.29) is 35.8 Å². The number of anilines is 4. The van der Waals surface area contributed by atoms with Crippen molar-refractivity contribution in [3.8, 4) is 5.75 Å². The second-order valence-electron chi connectivity index (χ2n) is 7.49. The summed E-state index contributed by atoms with van der Waals surface area (Å²) in [5.74, 6) is 0.532. The van der Waals surface area contributed by atoms with Crippen molar-refractivity contribution in [1.82, 2.24) is 20.2 Å². The number of hydrogen-bond donors (Lipinski definition) is 3. The van der Waals surface area contributed by atoms with E-state index >= 15 is 0 Å². The Bertz CT molecular complexity index is 1160. The summed E-state index contributed by atoms with van der Waals surface area (Å²) in [4.78, 5) is 33.9. The summed E-state index contributed by atoms with van der Waals surface area (Å²) in [7, 11) is 1.51. The van der Waals surface area contributed by atoms with Crippen molar-refractivity contribution >= 4 is 47.1 Å². The maximum atomic E-state index is 12.4. The van der Waals surface area contributed by atoms with Gasteiger partial charge in [-0.05, 0) is 49.5 Å². The number of methoxy groups -OCH3 is 1. The molecule has 0 saturated heterocycles. The lowest BCUT2D eigenvalue weighted by atomic mass is 10.2. The highest BCUT2D eigenvalue weighted by Crippen LogP contribution is 2.31. The van der Waals surface area contributed by atoms with Gasteiger partial charge < -0.3 is 25.6 Å². The van der Waals surface area contributed by atoms with E-state index in [2.05, 4.69) is 44.7 Å². The van der Waals surface area contributed by atoms with Crippen molar-refractivity contribution in [3.63, 3.8) is 0 Å². The Balaban J connectivity index is 0.00000456. The summed E-state index contributed by atoms with van der Waals surface area (Å²) in [6.45, 7) is 7.41. The number of para-hydroxylation sites is 2. The summed E-state index contributed by atoms with van der Waals surface area (Å²) < 4.78 is 5.30. The maximum absolute atomic E-state index is 12.4. The molecule has 0 spiro atoms. The molecule has 3 rings (SSSR count). The van der Waals surface area contributed by atoms with Crippen LogP contribution < -0.4 is 20.7 Å². The van der Waals surface area contributed by atoms with Crippen LogP contribution in [0.4, 0.5) is 28.8 Å². The minimum Gasteiger partial charge on any atom is -0.495 e.